The summed E-state index contributed by atoms with van der Waals surface area (Å²) in [5, 5.41) is 0.664. The molecule has 4 N–H and O–H groups in total. The van der Waals surface area contributed by atoms with Gasteiger partial charge in [-0.15, -0.1) is 0 Å². The molecule has 6 heteroatoms. The van der Waals surface area contributed by atoms with Crippen LogP contribution >= 0.6 is 11.8 Å². The molecule has 0 saturated heterocycles. The molecule has 0 spiro atoms. The minimum atomic E-state index is -0.930. The minimum Gasteiger partial charge on any atom is -0.368 e. The maximum atomic E-state index is 11.6. The lowest BCUT2D eigenvalue weighted by Gasteiger charge is -2.24. The summed E-state index contributed by atoms with van der Waals surface area (Å²) in [6, 6.07) is 0. The van der Waals surface area contributed by atoms with E-state index in [1.54, 1.807) is 0 Å². The first kappa shape index (κ1) is 14.3. The number of nitrogens with two attached hydrogens (primary N) is 2. The Balaban J connectivity index is 2.11. The Morgan fingerprint density at radius 1 is 1.32 bits per heavy atom. The molecule has 1 heterocycles. The van der Waals surface area contributed by atoms with Crippen molar-refractivity contribution in [3.05, 3.63) is 17.0 Å². The third-order valence-electron chi connectivity index (χ3n) is 3.82. The van der Waals surface area contributed by atoms with E-state index in [-0.39, 0.29) is 5.92 Å². The van der Waals surface area contributed by atoms with Gasteiger partial charge in [-0.25, -0.2) is 9.97 Å². The predicted octanol–water partition coefficient (Wildman–Crippen LogP) is 1.09. The normalized spacial score (nSPS) is 18.1. The van der Waals surface area contributed by atoms with E-state index in [1.807, 2.05) is 20.8 Å². The molecule has 1 amide bonds. The highest BCUT2D eigenvalue weighted by Crippen LogP contribution is 2.40. The van der Waals surface area contributed by atoms with Crippen molar-refractivity contribution in [2.45, 2.75) is 44.3 Å². The first-order valence-electron chi connectivity index (χ1n) is 6.38. The first-order chi connectivity index (χ1) is 8.84. The van der Waals surface area contributed by atoms with Gasteiger partial charge >= 0.3 is 0 Å². The van der Waals surface area contributed by atoms with Crippen molar-refractivity contribution in [2.75, 3.05) is 5.75 Å². The maximum Gasteiger partial charge on any atom is 0.238 e. The third-order valence-corrected chi connectivity index (χ3v) is 4.88. The summed E-state index contributed by atoms with van der Waals surface area (Å²) in [7, 11) is 0. The van der Waals surface area contributed by atoms with Gasteiger partial charge in [-0.2, -0.15) is 0 Å². The van der Waals surface area contributed by atoms with E-state index >= 15 is 0 Å². The number of thioether (sulfide) groups is 1. The van der Waals surface area contributed by atoms with Crippen LogP contribution < -0.4 is 11.5 Å². The van der Waals surface area contributed by atoms with Crippen LogP contribution in [-0.4, -0.2) is 27.2 Å². The van der Waals surface area contributed by atoms with Crippen molar-refractivity contribution in [1.82, 2.24) is 9.97 Å². The first-order valence-corrected chi connectivity index (χ1v) is 7.36. The van der Waals surface area contributed by atoms with Gasteiger partial charge in [-0.3, -0.25) is 4.79 Å². The number of primary amides is 1. The predicted molar refractivity (Wildman–Crippen MR) is 75.8 cm³/mol. The van der Waals surface area contributed by atoms with Crippen LogP contribution in [0.2, 0.25) is 0 Å². The van der Waals surface area contributed by atoms with E-state index in [4.69, 9.17) is 11.5 Å². The molecule has 2 rings (SSSR count). The van der Waals surface area contributed by atoms with Crippen LogP contribution in [0.15, 0.2) is 5.16 Å². The number of aryl methyl sites for hydroxylation is 2. The van der Waals surface area contributed by atoms with Crippen molar-refractivity contribution >= 4 is 17.7 Å². The minimum absolute atomic E-state index is 0.213. The lowest BCUT2D eigenvalue weighted by Crippen LogP contribution is -2.56. The monoisotopic (exact) mass is 280 g/mol. The van der Waals surface area contributed by atoms with Crippen molar-refractivity contribution in [2.24, 2.45) is 17.4 Å². The molecule has 5 nitrogen and oxygen atoms in total. The van der Waals surface area contributed by atoms with Gasteiger partial charge in [0.25, 0.3) is 0 Å². The van der Waals surface area contributed by atoms with E-state index in [9.17, 15) is 4.79 Å². The zero-order chi connectivity index (χ0) is 14.2. The van der Waals surface area contributed by atoms with Gasteiger partial charge in [0.05, 0.1) is 0 Å². The number of amides is 1. The summed E-state index contributed by atoms with van der Waals surface area (Å²) in [4.78, 5) is 20.4. The average molecular weight is 280 g/mol. The molecule has 104 valence electrons. The Hall–Kier alpha value is -1.14. The van der Waals surface area contributed by atoms with Crippen LogP contribution in [0.3, 0.4) is 0 Å². The Morgan fingerprint density at radius 2 is 1.84 bits per heavy atom. The Kier molecular flexibility index (Phi) is 3.82. The fourth-order valence-corrected chi connectivity index (χ4v) is 3.13. The molecule has 1 fully saturated rings. The molecule has 1 aromatic heterocycles. The number of hydrogen-bond donors (Lipinski definition) is 2. The summed E-state index contributed by atoms with van der Waals surface area (Å²) in [6.45, 7) is 5.91. The second-order valence-corrected chi connectivity index (χ2v) is 6.21. The number of hydrogen-bond acceptors (Lipinski definition) is 5. The average Bonchev–Trinajstić information content (AvgIpc) is 3.16. The molecule has 1 atom stereocenters. The van der Waals surface area contributed by atoms with Gasteiger partial charge in [0.2, 0.25) is 5.91 Å². The largest absolute Gasteiger partial charge is 0.368 e. The fourth-order valence-electron chi connectivity index (χ4n) is 1.98. The van der Waals surface area contributed by atoms with Crippen LogP contribution in [0.25, 0.3) is 0 Å². The number of nitrogens with zero attached hydrogens (tertiary/aromatic N) is 2. The Bertz CT molecular complexity index is 492. The van der Waals surface area contributed by atoms with Crippen LogP contribution in [0, 0.1) is 26.7 Å². The molecule has 1 unspecified atom stereocenters. The van der Waals surface area contributed by atoms with Gasteiger partial charge in [-0.1, -0.05) is 11.8 Å². The Morgan fingerprint density at radius 3 is 2.26 bits per heavy atom. The van der Waals surface area contributed by atoms with Gasteiger partial charge in [0, 0.05) is 17.1 Å². The molecule has 1 aromatic rings. The maximum absolute atomic E-state index is 11.6. The third kappa shape index (κ3) is 2.90. The highest BCUT2D eigenvalue weighted by Gasteiger charge is 2.46. The number of rotatable bonds is 5. The molecule has 1 aliphatic carbocycles. The van der Waals surface area contributed by atoms with E-state index in [0.717, 1.165) is 29.8 Å². The van der Waals surface area contributed by atoms with Crippen molar-refractivity contribution in [3.63, 3.8) is 0 Å². The highest BCUT2D eigenvalue weighted by molar-refractivity contribution is 7.99. The molecule has 0 radical (unpaired) electrons. The van der Waals surface area contributed by atoms with E-state index in [0.29, 0.717) is 10.9 Å². The van der Waals surface area contributed by atoms with E-state index in [1.165, 1.54) is 11.8 Å². The standard InChI is InChI=1S/C13H20N4OS/c1-7-8(2)16-12(17-9(7)3)19-6-13(15,11(14)18)10-4-5-10/h10H,4-6,15H2,1-3H3,(H2,14,18). The summed E-state index contributed by atoms with van der Waals surface area (Å²) in [6.07, 6.45) is 1.96. The fraction of sp³-hybridized carbons (Fsp3) is 0.615. The molecular weight excluding hydrogens is 260 g/mol. The Labute approximate surface area is 117 Å². The van der Waals surface area contributed by atoms with Crippen molar-refractivity contribution in [1.29, 1.82) is 0 Å². The van der Waals surface area contributed by atoms with Crippen LogP contribution in [-0.2, 0) is 4.79 Å². The lowest BCUT2D eigenvalue weighted by molar-refractivity contribution is -0.123. The zero-order valence-electron chi connectivity index (χ0n) is 11.6. The molecule has 0 aliphatic heterocycles. The number of aromatic nitrogens is 2. The molecule has 0 aromatic carbocycles. The van der Waals surface area contributed by atoms with E-state index < -0.39 is 11.4 Å². The SMILES string of the molecule is Cc1nc(SCC(N)(C(N)=O)C2CC2)nc(C)c1C. The summed E-state index contributed by atoms with van der Waals surface area (Å²) in [5.41, 5.74) is 13.7. The molecular formula is C13H20N4OS. The summed E-state index contributed by atoms with van der Waals surface area (Å²) in [5.74, 6) is 0.225. The quantitative estimate of drug-likeness (QED) is 0.622. The van der Waals surface area contributed by atoms with Gasteiger partial charge < -0.3 is 11.5 Å². The van der Waals surface area contributed by atoms with Gasteiger partial charge in [0.1, 0.15) is 5.54 Å². The lowest BCUT2D eigenvalue weighted by atomic mass is 9.96. The highest BCUT2D eigenvalue weighted by atomic mass is 32.2. The molecule has 1 saturated carbocycles. The van der Waals surface area contributed by atoms with Gasteiger partial charge in [-0.05, 0) is 45.1 Å². The summed E-state index contributed by atoms with van der Waals surface area (Å²) < 4.78 is 0. The van der Waals surface area contributed by atoms with E-state index in [2.05, 4.69) is 9.97 Å². The topological polar surface area (TPSA) is 94.9 Å². The van der Waals surface area contributed by atoms with Crippen LogP contribution in [0.4, 0.5) is 0 Å². The van der Waals surface area contributed by atoms with Crippen LogP contribution in [0.1, 0.15) is 29.8 Å². The second kappa shape index (κ2) is 5.09. The number of carbonyl (C=O) groups excluding carboxylic acids is 1. The smallest absolute Gasteiger partial charge is 0.238 e. The number of carbonyl (C=O) groups is 1. The summed E-state index contributed by atoms with van der Waals surface area (Å²) >= 11 is 1.41. The molecule has 19 heavy (non-hydrogen) atoms. The molecule has 0 bridgehead atoms. The van der Waals surface area contributed by atoms with Gasteiger partial charge in [0.15, 0.2) is 5.16 Å². The van der Waals surface area contributed by atoms with Crippen molar-refractivity contribution < 1.29 is 4.79 Å². The van der Waals surface area contributed by atoms with Crippen molar-refractivity contribution in [3.8, 4) is 0 Å². The molecule has 1 aliphatic rings. The van der Waals surface area contributed by atoms with Crippen LogP contribution in [0.5, 0.6) is 0 Å². The second-order valence-electron chi connectivity index (χ2n) is 5.27. The zero-order valence-corrected chi connectivity index (χ0v) is 12.4.